The van der Waals surface area contributed by atoms with E-state index in [-0.39, 0.29) is 11.4 Å². The lowest BCUT2D eigenvalue weighted by molar-refractivity contribution is 0.581. The summed E-state index contributed by atoms with van der Waals surface area (Å²) in [5.74, 6) is 0.440. The maximum atomic E-state index is 12.2. The topological polar surface area (TPSA) is 90.0 Å². The van der Waals surface area contributed by atoms with E-state index in [4.69, 9.17) is 5.73 Å². The average Bonchev–Trinajstić information content (AvgIpc) is 2.67. The van der Waals surface area contributed by atoms with Crippen LogP contribution in [0.4, 0.5) is 5.82 Å². The Bertz CT molecular complexity index is 740. The third-order valence-corrected chi connectivity index (χ3v) is 5.27. The second kappa shape index (κ2) is 5.55. The van der Waals surface area contributed by atoms with Crippen LogP contribution in [0.5, 0.6) is 0 Å². The van der Waals surface area contributed by atoms with Gasteiger partial charge in [0.1, 0.15) is 5.82 Å². The molecule has 0 radical (unpaired) electrons. The molecule has 20 heavy (non-hydrogen) atoms. The van der Waals surface area contributed by atoms with Gasteiger partial charge in [0.2, 0.25) is 10.0 Å². The van der Waals surface area contributed by atoms with Crippen LogP contribution in [0.3, 0.4) is 0 Å². The number of nitrogen functional groups attached to an aromatic ring is 1. The molecular formula is C12H15BrN4O2S. The van der Waals surface area contributed by atoms with Gasteiger partial charge < -0.3 is 5.73 Å². The molecule has 0 saturated carbocycles. The third-order valence-electron chi connectivity index (χ3n) is 2.89. The smallest absolute Gasteiger partial charge is 0.241 e. The van der Waals surface area contributed by atoms with E-state index in [1.807, 2.05) is 6.92 Å². The molecule has 0 aliphatic carbocycles. The number of nitrogens with one attached hydrogen (secondary N) is 1. The molecule has 0 spiro atoms. The predicted molar refractivity (Wildman–Crippen MR) is 80.5 cm³/mol. The quantitative estimate of drug-likeness (QED) is 0.867. The number of nitrogens with zero attached hydrogens (tertiary/aromatic N) is 2. The Morgan fingerprint density at radius 3 is 2.70 bits per heavy atom. The minimum absolute atomic E-state index is 0.0995. The fourth-order valence-electron chi connectivity index (χ4n) is 1.70. The van der Waals surface area contributed by atoms with Crippen molar-refractivity contribution in [3.63, 3.8) is 0 Å². The number of benzene rings is 1. The van der Waals surface area contributed by atoms with Gasteiger partial charge in [-0.05, 0) is 40.5 Å². The van der Waals surface area contributed by atoms with Crippen molar-refractivity contribution in [1.82, 2.24) is 14.5 Å². The average molecular weight is 359 g/mol. The molecule has 0 unspecified atom stereocenters. The number of sulfonamides is 1. The van der Waals surface area contributed by atoms with Crippen LogP contribution in [-0.2, 0) is 23.6 Å². The SMILES string of the molecule is Cc1ccc(S(=O)(=O)NCc2cnn(C)c2N)c(Br)c1. The van der Waals surface area contributed by atoms with E-state index < -0.39 is 10.0 Å². The third kappa shape index (κ3) is 3.02. The van der Waals surface area contributed by atoms with Gasteiger partial charge in [-0.2, -0.15) is 5.10 Å². The van der Waals surface area contributed by atoms with Crippen molar-refractivity contribution in [2.75, 3.05) is 5.73 Å². The Kier molecular flexibility index (Phi) is 4.17. The van der Waals surface area contributed by atoms with Gasteiger partial charge >= 0.3 is 0 Å². The number of aromatic nitrogens is 2. The standard InChI is InChI=1S/C12H15BrN4O2S/c1-8-3-4-11(10(13)5-8)20(18,19)16-7-9-6-15-17(2)12(9)14/h3-6,16H,7,14H2,1-2H3. The van der Waals surface area contributed by atoms with Crippen molar-refractivity contribution in [2.45, 2.75) is 18.4 Å². The van der Waals surface area contributed by atoms with Crippen LogP contribution in [0, 0.1) is 6.92 Å². The van der Waals surface area contributed by atoms with E-state index in [9.17, 15) is 8.42 Å². The summed E-state index contributed by atoms with van der Waals surface area (Å²) in [6, 6.07) is 5.07. The number of hydrogen-bond acceptors (Lipinski definition) is 4. The molecule has 108 valence electrons. The van der Waals surface area contributed by atoms with Crippen molar-refractivity contribution < 1.29 is 8.42 Å². The molecule has 3 N–H and O–H groups in total. The molecule has 1 aromatic carbocycles. The van der Waals surface area contributed by atoms with Crippen molar-refractivity contribution in [1.29, 1.82) is 0 Å². The Labute approximate surface area is 126 Å². The lowest BCUT2D eigenvalue weighted by atomic mass is 10.2. The summed E-state index contributed by atoms with van der Waals surface area (Å²) in [5.41, 5.74) is 7.39. The van der Waals surface area contributed by atoms with E-state index in [0.717, 1.165) is 5.56 Å². The zero-order valence-electron chi connectivity index (χ0n) is 11.1. The zero-order valence-corrected chi connectivity index (χ0v) is 13.5. The number of rotatable bonds is 4. The first kappa shape index (κ1) is 15.0. The highest BCUT2D eigenvalue weighted by molar-refractivity contribution is 9.10. The van der Waals surface area contributed by atoms with Gasteiger partial charge in [-0.1, -0.05) is 6.07 Å². The van der Waals surface area contributed by atoms with Crippen LogP contribution in [0.1, 0.15) is 11.1 Å². The van der Waals surface area contributed by atoms with Crippen LogP contribution >= 0.6 is 15.9 Å². The normalized spacial score (nSPS) is 11.8. The molecule has 0 fully saturated rings. The first-order valence-corrected chi connectivity index (χ1v) is 8.11. The van der Waals surface area contributed by atoms with Gasteiger partial charge in [0.05, 0.1) is 11.1 Å². The second-order valence-corrected chi connectivity index (χ2v) is 7.03. The number of anilines is 1. The summed E-state index contributed by atoms with van der Waals surface area (Å²) in [6.45, 7) is 1.99. The van der Waals surface area contributed by atoms with E-state index >= 15 is 0 Å². The molecule has 0 aliphatic rings. The van der Waals surface area contributed by atoms with Gasteiger partial charge in [-0.25, -0.2) is 13.1 Å². The Hall–Kier alpha value is -1.38. The lowest BCUT2D eigenvalue weighted by Gasteiger charge is -2.09. The number of hydrogen-bond donors (Lipinski definition) is 2. The summed E-state index contributed by atoms with van der Waals surface area (Å²) >= 11 is 3.27. The highest BCUT2D eigenvalue weighted by Gasteiger charge is 2.18. The maximum Gasteiger partial charge on any atom is 0.241 e. The van der Waals surface area contributed by atoms with E-state index in [0.29, 0.717) is 15.9 Å². The summed E-state index contributed by atoms with van der Waals surface area (Å²) in [5, 5.41) is 3.97. The van der Waals surface area contributed by atoms with Crippen LogP contribution < -0.4 is 10.5 Å². The van der Waals surface area contributed by atoms with Gasteiger partial charge in [0.25, 0.3) is 0 Å². The number of nitrogens with two attached hydrogens (primary N) is 1. The van der Waals surface area contributed by atoms with Crippen molar-refractivity contribution >= 4 is 31.8 Å². The monoisotopic (exact) mass is 358 g/mol. The van der Waals surface area contributed by atoms with Crippen LogP contribution in [-0.4, -0.2) is 18.2 Å². The first-order valence-electron chi connectivity index (χ1n) is 5.83. The second-order valence-electron chi connectivity index (χ2n) is 4.44. The highest BCUT2D eigenvalue weighted by Crippen LogP contribution is 2.23. The molecule has 2 rings (SSSR count). The number of halogens is 1. The molecule has 0 atom stereocenters. The maximum absolute atomic E-state index is 12.2. The Balaban J connectivity index is 2.21. The molecule has 0 amide bonds. The van der Waals surface area contributed by atoms with Gasteiger partial charge in [-0.3, -0.25) is 4.68 Å². The van der Waals surface area contributed by atoms with Crippen molar-refractivity contribution in [3.8, 4) is 0 Å². The van der Waals surface area contributed by atoms with Gasteiger partial charge in [0, 0.05) is 23.6 Å². The Morgan fingerprint density at radius 2 is 2.15 bits per heavy atom. The lowest BCUT2D eigenvalue weighted by Crippen LogP contribution is -2.24. The molecule has 0 aliphatic heterocycles. The fraction of sp³-hybridized carbons (Fsp3) is 0.250. The largest absolute Gasteiger partial charge is 0.384 e. The zero-order chi connectivity index (χ0) is 14.9. The van der Waals surface area contributed by atoms with E-state index in [2.05, 4.69) is 25.8 Å². The Morgan fingerprint density at radius 1 is 1.45 bits per heavy atom. The summed E-state index contributed by atoms with van der Waals surface area (Å²) in [4.78, 5) is 0.200. The van der Waals surface area contributed by atoms with Gasteiger partial charge in [-0.15, -0.1) is 0 Å². The van der Waals surface area contributed by atoms with Crippen LogP contribution in [0.25, 0.3) is 0 Å². The number of aryl methyl sites for hydroxylation is 2. The highest BCUT2D eigenvalue weighted by atomic mass is 79.9. The fourth-order valence-corrected chi connectivity index (χ4v) is 3.90. The molecule has 6 nitrogen and oxygen atoms in total. The minimum atomic E-state index is -3.60. The summed E-state index contributed by atoms with van der Waals surface area (Å²) in [7, 11) is -1.90. The van der Waals surface area contributed by atoms with E-state index in [1.165, 1.54) is 4.68 Å². The first-order chi connectivity index (χ1) is 9.31. The van der Waals surface area contributed by atoms with Crippen molar-refractivity contribution in [3.05, 3.63) is 40.0 Å². The molecule has 1 heterocycles. The minimum Gasteiger partial charge on any atom is -0.384 e. The molecule has 1 aromatic heterocycles. The molecule has 2 aromatic rings. The molecular weight excluding hydrogens is 344 g/mol. The van der Waals surface area contributed by atoms with E-state index in [1.54, 1.807) is 31.4 Å². The molecule has 0 bridgehead atoms. The molecule has 0 saturated heterocycles. The van der Waals surface area contributed by atoms with Crippen LogP contribution in [0.15, 0.2) is 33.8 Å². The molecule has 8 heteroatoms. The summed E-state index contributed by atoms with van der Waals surface area (Å²) < 4.78 is 29.0. The van der Waals surface area contributed by atoms with Gasteiger partial charge in [0.15, 0.2) is 0 Å². The van der Waals surface area contributed by atoms with Crippen LogP contribution in [0.2, 0.25) is 0 Å². The summed E-state index contributed by atoms with van der Waals surface area (Å²) in [6.07, 6.45) is 1.54. The predicted octanol–water partition coefficient (Wildman–Crippen LogP) is 1.55. The van der Waals surface area contributed by atoms with Crippen molar-refractivity contribution in [2.24, 2.45) is 7.05 Å².